The van der Waals surface area contributed by atoms with Gasteiger partial charge in [-0.2, -0.15) is 0 Å². The largest absolute Gasteiger partial charge is 0.350 e. The summed E-state index contributed by atoms with van der Waals surface area (Å²) in [5.74, 6) is -0.746. The molecular weight excluding hydrogens is 510 g/mol. The number of carbonyl (C=O) groups excluding carboxylic acids is 2. The van der Waals surface area contributed by atoms with Crippen LogP contribution in [0.3, 0.4) is 0 Å². The maximum absolute atomic E-state index is 14.0. The molecule has 3 aromatic carbocycles. The third-order valence-electron chi connectivity index (χ3n) is 6.29. The molecule has 39 heavy (non-hydrogen) atoms. The summed E-state index contributed by atoms with van der Waals surface area (Å²) < 4.78 is 28.8. The minimum Gasteiger partial charge on any atom is -0.350 e. The van der Waals surface area contributed by atoms with Crippen LogP contribution in [-0.2, 0) is 26.2 Å². The fourth-order valence-electron chi connectivity index (χ4n) is 4.22. The second-order valence-corrected chi connectivity index (χ2v) is 12.7. The molecule has 0 radical (unpaired) electrons. The maximum atomic E-state index is 14.0. The van der Waals surface area contributed by atoms with Crippen molar-refractivity contribution in [3.63, 3.8) is 0 Å². The van der Waals surface area contributed by atoms with Crippen molar-refractivity contribution in [1.82, 2.24) is 10.2 Å². The summed E-state index contributed by atoms with van der Waals surface area (Å²) in [6.45, 7) is 11.1. The van der Waals surface area contributed by atoms with Gasteiger partial charge < -0.3 is 10.2 Å². The highest BCUT2D eigenvalue weighted by atomic mass is 32.2. The molecule has 7 nitrogen and oxygen atoms in total. The van der Waals surface area contributed by atoms with Crippen molar-refractivity contribution < 1.29 is 18.0 Å². The molecule has 1 atom stereocenters. The Morgan fingerprint density at radius 2 is 1.38 bits per heavy atom. The molecule has 0 spiro atoms. The molecule has 3 aromatic rings. The van der Waals surface area contributed by atoms with E-state index < -0.39 is 34.1 Å². The molecule has 3 rings (SSSR count). The summed E-state index contributed by atoms with van der Waals surface area (Å²) in [6, 6.07) is 22.1. The van der Waals surface area contributed by atoms with E-state index in [1.165, 1.54) is 4.90 Å². The highest BCUT2D eigenvalue weighted by Gasteiger charge is 2.34. The molecule has 208 valence electrons. The number of rotatable bonds is 10. The first-order valence-electron chi connectivity index (χ1n) is 13.1. The van der Waals surface area contributed by atoms with E-state index in [4.69, 9.17) is 0 Å². The van der Waals surface area contributed by atoms with Crippen LogP contribution in [0.25, 0.3) is 0 Å². The van der Waals surface area contributed by atoms with Crippen LogP contribution in [-0.4, -0.2) is 43.3 Å². The van der Waals surface area contributed by atoms with Gasteiger partial charge in [-0.1, -0.05) is 72.6 Å². The van der Waals surface area contributed by atoms with E-state index in [0.29, 0.717) is 12.1 Å². The molecule has 0 aliphatic heterocycles. The van der Waals surface area contributed by atoms with Crippen molar-refractivity contribution in [3.8, 4) is 0 Å². The molecule has 0 unspecified atom stereocenters. The Kier molecular flexibility index (Phi) is 9.56. The van der Waals surface area contributed by atoms with E-state index in [1.807, 2.05) is 65.8 Å². The third-order valence-corrected chi connectivity index (χ3v) is 8.08. The number of hydrogen-bond acceptors (Lipinski definition) is 4. The summed E-state index contributed by atoms with van der Waals surface area (Å²) in [5.41, 5.74) is 2.73. The van der Waals surface area contributed by atoms with E-state index in [2.05, 4.69) is 5.32 Å². The molecular formula is C31H39N3O4S. The molecule has 0 aliphatic carbocycles. The summed E-state index contributed by atoms with van der Waals surface area (Å²) in [4.78, 5) is 29.0. The third kappa shape index (κ3) is 7.93. The van der Waals surface area contributed by atoms with E-state index in [1.54, 1.807) is 54.6 Å². The number of carbonyl (C=O) groups is 2. The Hall–Kier alpha value is -3.65. The molecule has 0 heterocycles. The van der Waals surface area contributed by atoms with Gasteiger partial charge in [0.15, 0.2) is 0 Å². The number of sulfonamides is 1. The van der Waals surface area contributed by atoms with E-state index in [-0.39, 0.29) is 17.3 Å². The molecule has 0 fully saturated rings. The lowest BCUT2D eigenvalue weighted by Crippen LogP contribution is -2.55. The van der Waals surface area contributed by atoms with Crippen LogP contribution in [0, 0.1) is 13.8 Å². The Bertz CT molecular complexity index is 1360. The molecule has 2 amide bonds. The summed E-state index contributed by atoms with van der Waals surface area (Å²) in [7, 11) is -4.07. The van der Waals surface area contributed by atoms with Crippen molar-refractivity contribution in [1.29, 1.82) is 0 Å². The normalized spacial score (nSPS) is 12.5. The molecule has 0 aliphatic rings. The zero-order chi connectivity index (χ0) is 28.8. The predicted molar refractivity (Wildman–Crippen MR) is 156 cm³/mol. The van der Waals surface area contributed by atoms with E-state index >= 15 is 0 Å². The van der Waals surface area contributed by atoms with Crippen LogP contribution in [0.4, 0.5) is 5.69 Å². The predicted octanol–water partition coefficient (Wildman–Crippen LogP) is 5.22. The van der Waals surface area contributed by atoms with E-state index in [9.17, 15) is 18.0 Å². The lowest BCUT2D eigenvalue weighted by molar-refractivity contribution is -0.141. The molecule has 0 saturated carbocycles. The zero-order valence-electron chi connectivity index (χ0n) is 23.6. The average Bonchev–Trinajstić information content (AvgIpc) is 2.87. The van der Waals surface area contributed by atoms with Gasteiger partial charge in [0.2, 0.25) is 11.8 Å². The molecule has 8 heteroatoms. The minimum atomic E-state index is -4.07. The summed E-state index contributed by atoms with van der Waals surface area (Å²) in [5, 5.41) is 2.98. The van der Waals surface area contributed by atoms with Crippen molar-refractivity contribution >= 4 is 27.5 Å². The Morgan fingerprint density at radius 3 is 1.90 bits per heavy atom. The minimum absolute atomic E-state index is 0.0901. The van der Waals surface area contributed by atoms with Crippen molar-refractivity contribution in [3.05, 3.63) is 95.6 Å². The van der Waals surface area contributed by atoms with E-state index in [0.717, 1.165) is 21.0 Å². The standard InChI is InChI=1S/C31H39N3O4S/c1-7-28(30(36)32-31(4,5)6)33(21-25-17-13-23(2)14-18-25)29(35)22-34(26-11-9-8-10-12-26)39(37,38)27-19-15-24(3)16-20-27/h8-20,28H,7,21-22H2,1-6H3,(H,32,36)/t28-/m0/s1. The fraction of sp³-hybridized carbons (Fsp3) is 0.355. The number of amides is 2. The van der Waals surface area contributed by atoms with Crippen LogP contribution in [0.5, 0.6) is 0 Å². The summed E-state index contributed by atoms with van der Waals surface area (Å²) in [6.07, 6.45) is 0.371. The first-order valence-corrected chi connectivity index (χ1v) is 14.6. The lowest BCUT2D eigenvalue weighted by atomic mass is 10.1. The second-order valence-electron chi connectivity index (χ2n) is 10.8. The molecule has 0 aromatic heterocycles. The van der Waals surface area contributed by atoms with Crippen LogP contribution in [0.15, 0.2) is 83.8 Å². The lowest BCUT2D eigenvalue weighted by Gasteiger charge is -2.34. The second kappa shape index (κ2) is 12.5. The zero-order valence-corrected chi connectivity index (χ0v) is 24.5. The van der Waals surface area contributed by atoms with Crippen molar-refractivity contribution in [2.75, 3.05) is 10.8 Å². The van der Waals surface area contributed by atoms with Gasteiger partial charge >= 0.3 is 0 Å². The highest BCUT2D eigenvalue weighted by molar-refractivity contribution is 7.92. The first kappa shape index (κ1) is 29.9. The molecule has 1 N–H and O–H groups in total. The van der Waals surface area contributed by atoms with Crippen LogP contribution < -0.4 is 9.62 Å². The van der Waals surface area contributed by atoms with Gasteiger partial charge in [-0.05, 0) is 70.9 Å². The number of nitrogens with one attached hydrogen (secondary N) is 1. The van der Waals surface area contributed by atoms with Gasteiger partial charge in [0.1, 0.15) is 12.6 Å². The smallest absolute Gasteiger partial charge is 0.264 e. The monoisotopic (exact) mass is 549 g/mol. The van der Waals surface area contributed by atoms with Crippen LogP contribution in [0.1, 0.15) is 50.8 Å². The summed E-state index contributed by atoms with van der Waals surface area (Å²) >= 11 is 0. The number of anilines is 1. The van der Waals surface area contributed by atoms with Gasteiger partial charge in [-0.3, -0.25) is 13.9 Å². The van der Waals surface area contributed by atoms with Gasteiger partial charge in [0.25, 0.3) is 10.0 Å². The number of benzene rings is 3. The Balaban J connectivity index is 2.04. The van der Waals surface area contributed by atoms with Crippen LogP contribution >= 0.6 is 0 Å². The van der Waals surface area contributed by atoms with Crippen molar-refractivity contribution in [2.24, 2.45) is 0 Å². The highest BCUT2D eigenvalue weighted by Crippen LogP contribution is 2.25. The van der Waals surface area contributed by atoms with Gasteiger partial charge in [0.05, 0.1) is 10.6 Å². The number of para-hydroxylation sites is 1. The molecule has 0 bridgehead atoms. The first-order chi connectivity index (χ1) is 18.3. The Labute approximate surface area is 232 Å². The van der Waals surface area contributed by atoms with Gasteiger partial charge in [-0.15, -0.1) is 0 Å². The number of aryl methyl sites for hydroxylation is 2. The number of hydrogen-bond donors (Lipinski definition) is 1. The SMILES string of the molecule is CC[C@@H](C(=O)NC(C)(C)C)N(Cc1ccc(C)cc1)C(=O)CN(c1ccccc1)S(=O)(=O)c1ccc(C)cc1. The molecule has 0 saturated heterocycles. The van der Waals surface area contributed by atoms with Crippen LogP contribution in [0.2, 0.25) is 0 Å². The van der Waals surface area contributed by atoms with Gasteiger partial charge in [0, 0.05) is 12.1 Å². The van der Waals surface area contributed by atoms with Gasteiger partial charge in [-0.25, -0.2) is 8.42 Å². The number of nitrogens with zero attached hydrogens (tertiary/aromatic N) is 2. The quantitative estimate of drug-likeness (QED) is 0.376. The fourth-order valence-corrected chi connectivity index (χ4v) is 5.64. The maximum Gasteiger partial charge on any atom is 0.264 e. The average molecular weight is 550 g/mol. The Morgan fingerprint density at radius 1 is 0.846 bits per heavy atom. The van der Waals surface area contributed by atoms with Crippen molar-refractivity contribution in [2.45, 2.75) is 71.0 Å². The topological polar surface area (TPSA) is 86.8 Å².